The number of rotatable bonds is 11. The van der Waals surface area contributed by atoms with Crippen molar-refractivity contribution >= 4 is 39.1 Å². The lowest BCUT2D eigenvalue weighted by Gasteiger charge is -2.32. The molecule has 37 heavy (non-hydrogen) atoms. The molecule has 0 saturated carbocycles. The normalized spacial score (nSPS) is 12.1. The van der Waals surface area contributed by atoms with E-state index in [1.807, 2.05) is 13.8 Å². The van der Waals surface area contributed by atoms with Gasteiger partial charge in [0.15, 0.2) is 0 Å². The van der Waals surface area contributed by atoms with E-state index in [0.29, 0.717) is 17.3 Å². The summed E-state index contributed by atoms with van der Waals surface area (Å²) in [6.07, 6.45) is 0. The SMILES string of the molecule is CC(C)CNC(=O)C(C)N(Cc1ccc(Cl)cc1)C(=O)CN(c1ccccc1)S(=O)(=O)c1ccccc1. The third-order valence-corrected chi connectivity index (χ3v) is 7.81. The van der Waals surface area contributed by atoms with Crippen molar-refractivity contribution in [3.8, 4) is 0 Å². The average Bonchev–Trinajstić information content (AvgIpc) is 2.90. The number of carbonyl (C=O) groups excluding carboxylic acids is 2. The summed E-state index contributed by atoms with van der Waals surface area (Å²) < 4.78 is 28.3. The first-order valence-electron chi connectivity index (χ1n) is 12.0. The van der Waals surface area contributed by atoms with Crippen LogP contribution in [0.15, 0.2) is 89.8 Å². The lowest BCUT2D eigenvalue weighted by atomic mass is 10.1. The molecule has 3 aromatic carbocycles. The van der Waals surface area contributed by atoms with Gasteiger partial charge in [-0.15, -0.1) is 0 Å². The summed E-state index contributed by atoms with van der Waals surface area (Å²) in [6, 6.07) is 22.6. The third-order valence-electron chi connectivity index (χ3n) is 5.77. The maximum atomic E-state index is 13.8. The van der Waals surface area contributed by atoms with Crippen LogP contribution in [0.4, 0.5) is 5.69 Å². The Bertz CT molecular complexity index is 1280. The molecule has 0 radical (unpaired) electrons. The first kappa shape index (κ1) is 28.2. The van der Waals surface area contributed by atoms with Gasteiger partial charge in [-0.05, 0) is 54.8 Å². The van der Waals surface area contributed by atoms with Gasteiger partial charge in [0.2, 0.25) is 11.8 Å². The molecule has 9 heteroatoms. The summed E-state index contributed by atoms with van der Waals surface area (Å²) in [5, 5.41) is 3.42. The molecule has 7 nitrogen and oxygen atoms in total. The third kappa shape index (κ3) is 7.57. The van der Waals surface area contributed by atoms with Crippen molar-refractivity contribution in [3.05, 3.63) is 95.5 Å². The van der Waals surface area contributed by atoms with E-state index in [2.05, 4.69) is 5.32 Å². The van der Waals surface area contributed by atoms with Crippen molar-refractivity contribution in [2.24, 2.45) is 5.92 Å². The Balaban J connectivity index is 1.96. The Morgan fingerprint density at radius 2 is 1.43 bits per heavy atom. The highest BCUT2D eigenvalue weighted by Crippen LogP contribution is 2.24. The number of hydrogen-bond donors (Lipinski definition) is 1. The van der Waals surface area contributed by atoms with Gasteiger partial charge in [0.05, 0.1) is 10.6 Å². The van der Waals surface area contributed by atoms with E-state index in [1.54, 1.807) is 79.7 Å². The van der Waals surface area contributed by atoms with Gasteiger partial charge in [-0.25, -0.2) is 8.42 Å². The number of anilines is 1. The van der Waals surface area contributed by atoms with E-state index >= 15 is 0 Å². The summed E-state index contributed by atoms with van der Waals surface area (Å²) in [4.78, 5) is 28.2. The number of nitrogens with one attached hydrogen (secondary N) is 1. The summed E-state index contributed by atoms with van der Waals surface area (Å²) in [5.41, 5.74) is 1.11. The Labute approximate surface area is 224 Å². The highest BCUT2D eigenvalue weighted by Gasteiger charge is 2.32. The van der Waals surface area contributed by atoms with Crippen LogP contribution in [0.2, 0.25) is 5.02 Å². The Kier molecular flexibility index (Phi) is 9.72. The van der Waals surface area contributed by atoms with Crippen LogP contribution in [0, 0.1) is 5.92 Å². The minimum atomic E-state index is -4.06. The van der Waals surface area contributed by atoms with Crippen molar-refractivity contribution in [2.75, 3.05) is 17.4 Å². The van der Waals surface area contributed by atoms with Gasteiger partial charge in [-0.3, -0.25) is 13.9 Å². The fourth-order valence-electron chi connectivity index (χ4n) is 3.66. The molecule has 0 saturated heterocycles. The summed E-state index contributed by atoms with van der Waals surface area (Å²) in [5.74, 6) is -0.583. The van der Waals surface area contributed by atoms with E-state index in [-0.39, 0.29) is 23.3 Å². The predicted octanol–water partition coefficient (Wildman–Crippen LogP) is 4.72. The molecular weight excluding hydrogens is 510 g/mol. The number of halogens is 1. The topological polar surface area (TPSA) is 86.8 Å². The van der Waals surface area contributed by atoms with E-state index in [1.165, 1.54) is 17.0 Å². The molecule has 2 amide bonds. The first-order valence-corrected chi connectivity index (χ1v) is 13.9. The highest BCUT2D eigenvalue weighted by molar-refractivity contribution is 7.92. The Morgan fingerprint density at radius 1 is 0.865 bits per heavy atom. The lowest BCUT2D eigenvalue weighted by Crippen LogP contribution is -2.51. The zero-order valence-electron chi connectivity index (χ0n) is 21.2. The van der Waals surface area contributed by atoms with Crippen molar-refractivity contribution < 1.29 is 18.0 Å². The first-order chi connectivity index (χ1) is 17.6. The van der Waals surface area contributed by atoms with Crippen LogP contribution in [0.3, 0.4) is 0 Å². The molecule has 0 aliphatic carbocycles. The van der Waals surface area contributed by atoms with Crippen LogP contribution in [0.25, 0.3) is 0 Å². The second-order valence-electron chi connectivity index (χ2n) is 9.12. The smallest absolute Gasteiger partial charge is 0.264 e. The predicted molar refractivity (Wildman–Crippen MR) is 147 cm³/mol. The second-order valence-corrected chi connectivity index (χ2v) is 11.4. The molecule has 0 spiro atoms. The van der Waals surface area contributed by atoms with Gasteiger partial charge in [0.1, 0.15) is 12.6 Å². The van der Waals surface area contributed by atoms with Crippen molar-refractivity contribution in [1.82, 2.24) is 10.2 Å². The molecule has 196 valence electrons. The molecule has 1 atom stereocenters. The summed E-state index contributed by atoms with van der Waals surface area (Å²) in [7, 11) is -4.06. The molecule has 1 N–H and O–H groups in total. The number of sulfonamides is 1. The van der Waals surface area contributed by atoms with Crippen molar-refractivity contribution in [2.45, 2.75) is 38.3 Å². The molecule has 0 aliphatic heterocycles. The van der Waals surface area contributed by atoms with Crippen LogP contribution in [0.5, 0.6) is 0 Å². The second kappa shape index (κ2) is 12.7. The highest BCUT2D eigenvalue weighted by atomic mass is 35.5. The molecule has 3 rings (SSSR count). The van der Waals surface area contributed by atoms with Crippen LogP contribution in [0.1, 0.15) is 26.3 Å². The molecule has 1 unspecified atom stereocenters. The maximum Gasteiger partial charge on any atom is 0.264 e. The van der Waals surface area contributed by atoms with Gasteiger partial charge in [-0.2, -0.15) is 0 Å². The zero-order valence-corrected chi connectivity index (χ0v) is 22.7. The van der Waals surface area contributed by atoms with E-state index in [9.17, 15) is 18.0 Å². The molecule has 0 aromatic heterocycles. The Morgan fingerprint density at radius 3 is 2.00 bits per heavy atom. The maximum absolute atomic E-state index is 13.8. The van der Waals surface area contributed by atoms with E-state index in [4.69, 9.17) is 11.6 Å². The number of para-hydroxylation sites is 1. The van der Waals surface area contributed by atoms with Crippen molar-refractivity contribution in [1.29, 1.82) is 0 Å². The molecule has 0 fully saturated rings. The molecule has 3 aromatic rings. The fourth-order valence-corrected chi connectivity index (χ4v) is 5.23. The number of nitrogens with zero attached hydrogens (tertiary/aromatic N) is 2. The van der Waals surface area contributed by atoms with E-state index < -0.39 is 28.5 Å². The number of benzene rings is 3. The van der Waals surface area contributed by atoms with Crippen LogP contribution >= 0.6 is 11.6 Å². The van der Waals surface area contributed by atoms with E-state index in [0.717, 1.165) is 9.87 Å². The average molecular weight is 542 g/mol. The minimum absolute atomic E-state index is 0.0682. The van der Waals surface area contributed by atoms with Gasteiger partial charge < -0.3 is 10.2 Å². The van der Waals surface area contributed by atoms with Gasteiger partial charge in [0, 0.05) is 18.1 Å². The largest absolute Gasteiger partial charge is 0.354 e. The quantitative estimate of drug-likeness (QED) is 0.380. The van der Waals surface area contributed by atoms with Gasteiger partial charge >= 0.3 is 0 Å². The van der Waals surface area contributed by atoms with Crippen LogP contribution in [-0.4, -0.2) is 44.3 Å². The number of amides is 2. The van der Waals surface area contributed by atoms with Crippen molar-refractivity contribution in [3.63, 3.8) is 0 Å². The summed E-state index contributed by atoms with van der Waals surface area (Å²) in [6.45, 7) is 5.70. The summed E-state index contributed by atoms with van der Waals surface area (Å²) >= 11 is 6.02. The van der Waals surface area contributed by atoms with Crippen LogP contribution < -0.4 is 9.62 Å². The minimum Gasteiger partial charge on any atom is -0.354 e. The zero-order chi connectivity index (χ0) is 27.0. The van der Waals surface area contributed by atoms with Gasteiger partial charge in [0.25, 0.3) is 10.0 Å². The molecule has 0 bridgehead atoms. The Hall–Kier alpha value is -3.36. The lowest BCUT2D eigenvalue weighted by molar-refractivity contribution is -0.139. The number of hydrogen-bond acceptors (Lipinski definition) is 4. The molecular formula is C28H32ClN3O4S. The fraction of sp³-hybridized carbons (Fsp3) is 0.286. The van der Waals surface area contributed by atoms with Crippen LogP contribution in [-0.2, 0) is 26.2 Å². The number of carbonyl (C=O) groups is 2. The molecule has 0 aliphatic rings. The van der Waals surface area contributed by atoms with Gasteiger partial charge in [-0.1, -0.05) is 74.0 Å². The standard InChI is InChI=1S/C28H32ClN3O4S/c1-21(2)18-30-28(34)22(3)31(19-23-14-16-24(29)17-15-23)27(33)20-32(25-10-6-4-7-11-25)37(35,36)26-12-8-5-9-13-26/h4-17,21-22H,18-20H2,1-3H3,(H,30,34). The molecule has 0 heterocycles. The monoisotopic (exact) mass is 541 g/mol.